The molecule has 0 aromatic rings. The fraction of sp³-hybridized carbons (Fsp3) is 0.667. The van der Waals surface area contributed by atoms with Gasteiger partial charge in [0.25, 0.3) is 0 Å². The predicted octanol–water partition coefficient (Wildman–Crippen LogP) is 0.491. The number of rotatable bonds is 4. The number of amides is 1. The Labute approximate surface area is 66.3 Å². The van der Waals surface area contributed by atoms with E-state index in [0.717, 1.165) is 0 Å². The standard InChI is InChI=1S/C3H7FNO4PS/c4-3(6)5-1-2-11-10(7,8)9/h1-2H2,(H,5,6)(H2,7,8,9). The van der Waals surface area contributed by atoms with Crippen molar-refractivity contribution < 1.29 is 23.5 Å². The van der Waals surface area contributed by atoms with E-state index < -0.39 is 13.0 Å². The summed E-state index contributed by atoms with van der Waals surface area (Å²) in [6, 6.07) is 0. The average Bonchev–Trinajstić information content (AvgIpc) is 1.78. The molecule has 8 heteroatoms. The third-order valence-corrected chi connectivity index (χ3v) is 2.91. The van der Waals surface area contributed by atoms with E-state index in [-0.39, 0.29) is 12.3 Å². The lowest BCUT2D eigenvalue weighted by Crippen LogP contribution is -2.19. The molecule has 0 aliphatic carbocycles. The minimum atomic E-state index is -4.08. The maximum absolute atomic E-state index is 11.4. The number of nitrogens with one attached hydrogen (secondary N) is 1. The maximum atomic E-state index is 11.4. The monoisotopic (exact) mass is 203 g/mol. The molecule has 0 radical (unpaired) electrons. The Kier molecular flexibility index (Phi) is 4.67. The summed E-state index contributed by atoms with van der Waals surface area (Å²) in [5, 5.41) is 1.75. The van der Waals surface area contributed by atoms with E-state index in [2.05, 4.69) is 0 Å². The molecule has 5 nitrogen and oxygen atoms in total. The SMILES string of the molecule is O=C(F)NCCSP(=O)(O)O. The topological polar surface area (TPSA) is 86.6 Å². The van der Waals surface area contributed by atoms with Gasteiger partial charge < -0.3 is 15.1 Å². The van der Waals surface area contributed by atoms with Crippen LogP contribution in [0.5, 0.6) is 0 Å². The Bertz CT molecular complexity index is 182. The molecular formula is C3H7FNO4PS. The zero-order chi connectivity index (χ0) is 8.91. The minimum Gasteiger partial charge on any atom is -0.327 e. The normalized spacial score (nSPS) is 11.2. The summed E-state index contributed by atoms with van der Waals surface area (Å²) in [6.45, 7) is -4.17. The van der Waals surface area contributed by atoms with Crippen LogP contribution in [0.4, 0.5) is 9.18 Å². The smallest absolute Gasteiger partial charge is 0.327 e. The molecule has 0 saturated heterocycles. The van der Waals surface area contributed by atoms with Crippen molar-refractivity contribution in [2.75, 3.05) is 12.3 Å². The van der Waals surface area contributed by atoms with E-state index >= 15 is 0 Å². The van der Waals surface area contributed by atoms with Crippen LogP contribution in [-0.2, 0) is 4.57 Å². The van der Waals surface area contributed by atoms with Crippen molar-refractivity contribution in [3.8, 4) is 0 Å². The average molecular weight is 203 g/mol. The number of halogens is 1. The summed E-state index contributed by atoms with van der Waals surface area (Å²) < 4.78 is 21.5. The highest BCUT2D eigenvalue weighted by molar-refractivity contribution is 8.54. The number of hydrogen-bond donors (Lipinski definition) is 3. The second-order valence-electron chi connectivity index (χ2n) is 1.52. The van der Waals surface area contributed by atoms with Gasteiger partial charge in [-0.05, 0) is 11.4 Å². The second kappa shape index (κ2) is 4.71. The summed E-state index contributed by atoms with van der Waals surface area (Å²) in [7, 11) is 0. The molecular weight excluding hydrogens is 196 g/mol. The molecule has 11 heavy (non-hydrogen) atoms. The molecule has 0 unspecified atom stereocenters. The van der Waals surface area contributed by atoms with Crippen molar-refractivity contribution in [3.05, 3.63) is 0 Å². The molecule has 0 aliphatic rings. The quantitative estimate of drug-likeness (QED) is 0.268. The highest BCUT2D eigenvalue weighted by atomic mass is 32.7. The second-order valence-corrected chi connectivity index (χ2v) is 5.37. The third kappa shape index (κ3) is 9.90. The molecule has 66 valence electrons. The van der Waals surface area contributed by atoms with Gasteiger partial charge in [0.2, 0.25) is 0 Å². The van der Waals surface area contributed by atoms with Gasteiger partial charge in [-0.3, -0.25) is 0 Å². The lowest BCUT2D eigenvalue weighted by atomic mass is 10.8. The van der Waals surface area contributed by atoms with Gasteiger partial charge >= 0.3 is 13.0 Å². The van der Waals surface area contributed by atoms with Crippen molar-refractivity contribution in [2.24, 2.45) is 0 Å². The van der Waals surface area contributed by atoms with E-state index in [1.807, 2.05) is 0 Å². The minimum absolute atomic E-state index is 0.0140. The number of hydrogen-bond acceptors (Lipinski definition) is 3. The predicted molar refractivity (Wildman–Crippen MR) is 39.0 cm³/mol. The van der Waals surface area contributed by atoms with Gasteiger partial charge in [0, 0.05) is 12.3 Å². The fourth-order valence-corrected chi connectivity index (χ4v) is 1.73. The molecule has 0 aromatic heterocycles. The van der Waals surface area contributed by atoms with Gasteiger partial charge in [-0.25, -0.2) is 9.36 Å². The largest absolute Gasteiger partial charge is 0.397 e. The van der Waals surface area contributed by atoms with Gasteiger partial charge in [-0.2, -0.15) is 0 Å². The first-order chi connectivity index (χ1) is 4.92. The van der Waals surface area contributed by atoms with E-state index in [9.17, 15) is 13.8 Å². The van der Waals surface area contributed by atoms with E-state index in [0.29, 0.717) is 11.4 Å². The summed E-state index contributed by atoms with van der Waals surface area (Å²) in [6.07, 6.45) is -1.70. The van der Waals surface area contributed by atoms with Crippen molar-refractivity contribution in [2.45, 2.75) is 0 Å². The molecule has 0 rings (SSSR count). The summed E-state index contributed by atoms with van der Waals surface area (Å²) in [5.74, 6) is -0.0140. The van der Waals surface area contributed by atoms with Gasteiger partial charge in [0.05, 0.1) is 0 Å². The Morgan fingerprint density at radius 1 is 1.64 bits per heavy atom. The lowest BCUT2D eigenvalue weighted by Gasteiger charge is -2.01. The number of carbonyl (C=O) groups excluding carboxylic acids is 1. The van der Waals surface area contributed by atoms with Gasteiger partial charge in [-0.15, -0.1) is 4.39 Å². The lowest BCUT2D eigenvalue weighted by molar-refractivity contribution is 0.222. The van der Waals surface area contributed by atoms with Crippen LogP contribution in [0.15, 0.2) is 0 Å². The molecule has 0 bridgehead atoms. The summed E-state index contributed by atoms with van der Waals surface area (Å²) in [4.78, 5) is 26.1. The van der Waals surface area contributed by atoms with Crippen LogP contribution >= 0.6 is 18.2 Å². The van der Waals surface area contributed by atoms with Crippen LogP contribution in [0.2, 0.25) is 0 Å². The molecule has 1 amide bonds. The Balaban J connectivity index is 3.29. The van der Waals surface area contributed by atoms with E-state index in [4.69, 9.17) is 9.79 Å². The molecule has 0 saturated carbocycles. The first-order valence-electron chi connectivity index (χ1n) is 2.55. The van der Waals surface area contributed by atoms with Crippen molar-refractivity contribution in [1.29, 1.82) is 0 Å². The fourth-order valence-electron chi connectivity index (χ4n) is 0.314. The molecule has 0 fully saturated rings. The van der Waals surface area contributed by atoms with Crippen molar-refractivity contribution in [1.82, 2.24) is 5.32 Å². The molecule has 3 N–H and O–H groups in total. The summed E-state index contributed by atoms with van der Waals surface area (Å²) in [5.41, 5.74) is 0. The zero-order valence-electron chi connectivity index (χ0n) is 5.36. The summed E-state index contributed by atoms with van der Waals surface area (Å²) >= 11 is 0.361. The first-order valence-corrected chi connectivity index (χ1v) is 5.75. The third-order valence-electron chi connectivity index (χ3n) is 0.626. The van der Waals surface area contributed by atoms with Crippen molar-refractivity contribution >= 4 is 24.3 Å². The van der Waals surface area contributed by atoms with Crippen LogP contribution in [0.25, 0.3) is 0 Å². The molecule has 0 aliphatic heterocycles. The Hall–Kier alpha value is -0.100. The number of carbonyl (C=O) groups is 1. The van der Waals surface area contributed by atoms with Crippen LogP contribution in [0.1, 0.15) is 0 Å². The van der Waals surface area contributed by atoms with Gasteiger partial charge in [0.1, 0.15) is 0 Å². The molecule has 0 heterocycles. The molecule has 0 spiro atoms. The maximum Gasteiger partial charge on any atom is 0.397 e. The Morgan fingerprint density at radius 3 is 2.55 bits per heavy atom. The van der Waals surface area contributed by atoms with Crippen molar-refractivity contribution in [3.63, 3.8) is 0 Å². The van der Waals surface area contributed by atoms with E-state index in [1.165, 1.54) is 0 Å². The molecule has 0 aromatic carbocycles. The van der Waals surface area contributed by atoms with Crippen LogP contribution in [-0.4, -0.2) is 28.2 Å². The first kappa shape index (κ1) is 10.9. The zero-order valence-corrected chi connectivity index (χ0v) is 7.07. The van der Waals surface area contributed by atoms with E-state index in [1.54, 1.807) is 5.32 Å². The van der Waals surface area contributed by atoms with Gasteiger partial charge in [0.15, 0.2) is 0 Å². The Morgan fingerprint density at radius 2 is 2.18 bits per heavy atom. The molecule has 0 atom stereocenters. The van der Waals surface area contributed by atoms with Crippen LogP contribution in [0, 0.1) is 0 Å². The highest BCUT2D eigenvalue weighted by Crippen LogP contribution is 2.49. The highest BCUT2D eigenvalue weighted by Gasteiger charge is 2.12. The van der Waals surface area contributed by atoms with Crippen LogP contribution < -0.4 is 5.32 Å². The van der Waals surface area contributed by atoms with Crippen LogP contribution in [0.3, 0.4) is 0 Å². The van der Waals surface area contributed by atoms with Gasteiger partial charge in [-0.1, -0.05) is 0 Å².